The summed E-state index contributed by atoms with van der Waals surface area (Å²) >= 11 is 0. The highest BCUT2D eigenvalue weighted by molar-refractivity contribution is 4.92. The molecule has 2 saturated carbocycles. The summed E-state index contributed by atoms with van der Waals surface area (Å²) in [6, 6.07) is 0. The number of aliphatic hydroxyl groups is 1. The van der Waals surface area contributed by atoms with E-state index in [4.69, 9.17) is 14.2 Å². The Bertz CT molecular complexity index is 217. The fraction of sp³-hybridized carbons (Fsp3) is 1.00. The van der Waals surface area contributed by atoms with Gasteiger partial charge in [0.15, 0.2) is 0 Å². The number of rotatable bonds is 8. The van der Waals surface area contributed by atoms with Crippen molar-refractivity contribution in [2.45, 2.75) is 50.4 Å². The Morgan fingerprint density at radius 3 is 2.53 bits per heavy atom. The molecule has 4 nitrogen and oxygen atoms in total. The molecule has 100 valence electrons. The van der Waals surface area contributed by atoms with Gasteiger partial charge in [-0.1, -0.05) is 19.3 Å². The summed E-state index contributed by atoms with van der Waals surface area (Å²) in [4.78, 5) is 0. The zero-order chi connectivity index (χ0) is 12.1. The Hall–Kier alpha value is -0.160. The standard InChI is InChI=1S/C13H24O4/c1-15-7-8-17-13-11(14)9-12(13)16-6-5-10-3-2-4-10/h10-14H,2-9H2,1H3. The Balaban J connectivity index is 1.55. The molecule has 3 atom stereocenters. The van der Waals surface area contributed by atoms with E-state index in [2.05, 4.69) is 0 Å². The Labute approximate surface area is 103 Å². The van der Waals surface area contributed by atoms with Gasteiger partial charge in [-0.25, -0.2) is 0 Å². The zero-order valence-corrected chi connectivity index (χ0v) is 10.6. The molecule has 0 aromatic carbocycles. The molecule has 1 N–H and O–H groups in total. The lowest BCUT2D eigenvalue weighted by atomic mass is 9.83. The summed E-state index contributed by atoms with van der Waals surface area (Å²) < 4.78 is 16.2. The summed E-state index contributed by atoms with van der Waals surface area (Å²) in [6.45, 7) is 1.91. The molecule has 0 amide bonds. The van der Waals surface area contributed by atoms with Gasteiger partial charge in [0.25, 0.3) is 0 Å². The van der Waals surface area contributed by atoms with Crippen molar-refractivity contribution in [3.8, 4) is 0 Å². The average molecular weight is 244 g/mol. The van der Waals surface area contributed by atoms with Crippen LogP contribution >= 0.6 is 0 Å². The normalized spacial score (nSPS) is 33.2. The van der Waals surface area contributed by atoms with Crippen molar-refractivity contribution >= 4 is 0 Å². The highest BCUT2D eigenvalue weighted by Gasteiger charge is 2.41. The van der Waals surface area contributed by atoms with Crippen LogP contribution in [0.25, 0.3) is 0 Å². The fourth-order valence-electron chi connectivity index (χ4n) is 2.37. The average Bonchev–Trinajstić information content (AvgIpc) is 2.26. The Morgan fingerprint density at radius 2 is 1.94 bits per heavy atom. The van der Waals surface area contributed by atoms with Gasteiger partial charge < -0.3 is 19.3 Å². The first-order valence-corrected chi connectivity index (χ1v) is 6.71. The van der Waals surface area contributed by atoms with Crippen LogP contribution in [0.1, 0.15) is 32.1 Å². The lowest BCUT2D eigenvalue weighted by molar-refractivity contribution is -0.196. The van der Waals surface area contributed by atoms with Crippen LogP contribution in [-0.4, -0.2) is 50.3 Å². The maximum atomic E-state index is 9.60. The van der Waals surface area contributed by atoms with E-state index in [1.54, 1.807) is 7.11 Å². The van der Waals surface area contributed by atoms with Crippen molar-refractivity contribution in [3.63, 3.8) is 0 Å². The zero-order valence-electron chi connectivity index (χ0n) is 10.6. The monoisotopic (exact) mass is 244 g/mol. The van der Waals surface area contributed by atoms with E-state index in [9.17, 15) is 5.11 Å². The highest BCUT2D eigenvalue weighted by atomic mass is 16.6. The minimum Gasteiger partial charge on any atom is -0.390 e. The van der Waals surface area contributed by atoms with Crippen molar-refractivity contribution in [1.29, 1.82) is 0 Å². The fourth-order valence-corrected chi connectivity index (χ4v) is 2.37. The van der Waals surface area contributed by atoms with Crippen LogP contribution in [0.4, 0.5) is 0 Å². The van der Waals surface area contributed by atoms with Gasteiger partial charge in [-0.15, -0.1) is 0 Å². The van der Waals surface area contributed by atoms with Gasteiger partial charge >= 0.3 is 0 Å². The summed E-state index contributed by atoms with van der Waals surface area (Å²) in [7, 11) is 1.65. The summed E-state index contributed by atoms with van der Waals surface area (Å²) in [5.41, 5.74) is 0. The molecule has 0 radical (unpaired) electrons. The largest absolute Gasteiger partial charge is 0.390 e. The summed E-state index contributed by atoms with van der Waals surface area (Å²) in [6.07, 6.45) is 5.57. The van der Waals surface area contributed by atoms with Crippen LogP contribution in [0.15, 0.2) is 0 Å². The van der Waals surface area contributed by atoms with Crippen LogP contribution < -0.4 is 0 Å². The molecule has 0 heterocycles. The van der Waals surface area contributed by atoms with Crippen LogP contribution in [0.2, 0.25) is 0 Å². The van der Waals surface area contributed by atoms with Gasteiger partial charge in [0, 0.05) is 20.1 Å². The minimum atomic E-state index is -0.361. The number of ether oxygens (including phenoxy) is 3. The second-order valence-electron chi connectivity index (χ2n) is 5.13. The molecule has 0 aliphatic heterocycles. The third-order valence-corrected chi connectivity index (χ3v) is 3.90. The first-order chi connectivity index (χ1) is 8.31. The number of hydrogen-bond donors (Lipinski definition) is 1. The molecule has 0 aromatic heterocycles. The van der Waals surface area contributed by atoms with E-state index in [0.717, 1.165) is 18.9 Å². The molecular formula is C13H24O4. The van der Waals surface area contributed by atoms with E-state index in [0.29, 0.717) is 19.6 Å². The molecule has 0 spiro atoms. The smallest absolute Gasteiger partial charge is 0.110 e. The molecule has 0 saturated heterocycles. The van der Waals surface area contributed by atoms with E-state index in [1.165, 1.54) is 19.3 Å². The second-order valence-corrected chi connectivity index (χ2v) is 5.13. The lowest BCUT2D eigenvalue weighted by Crippen LogP contribution is -2.54. The molecular weight excluding hydrogens is 220 g/mol. The molecule has 2 fully saturated rings. The van der Waals surface area contributed by atoms with Crippen molar-refractivity contribution < 1.29 is 19.3 Å². The van der Waals surface area contributed by atoms with Gasteiger partial charge in [-0.3, -0.25) is 0 Å². The van der Waals surface area contributed by atoms with E-state index < -0.39 is 0 Å². The van der Waals surface area contributed by atoms with Crippen LogP contribution in [0, 0.1) is 5.92 Å². The number of aliphatic hydroxyl groups excluding tert-OH is 1. The van der Waals surface area contributed by atoms with Crippen molar-refractivity contribution in [3.05, 3.63) is 0 Å². The van der Waals surface area contributed by atoms with E-state index in [1.807, 2.05) is 0 Å². The predicted molar refractivity (Wildman–Crippen MR) is 63.9 cm³/mol. The van der Waals surface area contributed by atoms with Crippen LogP contribution in [-0.2, 0) is 14.2 Å². The van der Waals surface area contributed by atoms with Crippen molar-refractivity contribution in [2.75, 3.05) is 26.9 Å². The van der Waals surface area contributed by atoms with Gasteiger partial charge in [0.2, 0.25) is 0 Å². The third kappa shape index (κ3) is 3.65. The predicted octanol–water partition coefficient (Wildman–Crippen LogP) is 1.36. The maximum Gasteiger partial charge on any atom is 0.110 e. The molecule has 0 aromatic rings. The molecule has 17 heavy (non-hydrogen) atoms. The van der Waals surface area contributed by atoms with Crippen LogP contribution in [0.3, 0.4) is 0 Å². The SMILES string of the molecule is COCCOC1C(O)CC1OCCC1CCC1. The first kappa shape index (κ1) is 13.3. The molecule has 2 aliphatic rings. The molecule has 4 heteroatoms. The number of methoxy groups -OCH3 is 1. The third-order valence-electron chi connectivity index (χ3n) is 3.90. The maximum absolute atomic E-state index is 9.60. The Kier molecular flexibility index (Phi) is 5.22. The summed E-state index contributed by atoms with van der Waals surface area (Å²) in [5.74, 6) is 0.882. The van der Waals surface area contributed by atoms with E-state index >= 15 is 0 Å². The van der Waals surface area contributed by atoms with Crippen LogP contribution in [0.5, 0.6) is 0 Å². The molecule has 0 bridgehead atoms. The summed E-state index contributed by atoms with van der Waals surface area (Å²) in [5, 5.41) is 9.60. The Morgan fingerprint density at radius 1 is 1.12 bits per heavy atom. The molecule has 3 unspecified atom stereocenters. The minimum absolute atomic E-state index is 0.0851. The second kappa shape index (κ2) is 6.69. The van der Waals surface area contributed by atoms with Gasteiger partial charge in [0.1, 0.15) is 6.10 Å². The number of hydrogen-bond acceptors (Lipinski definition) is 4. The topological polar surface area (TPSA) is 47.9 Å². The van der Waals surface area contributed by atoms with Gasteiger partial charge in [-0.05, 0) is 12.3 Å². The van der Waals surface area contributed by atoms with Crippen molar-refractivity contribution in [2.24, 2.45) is 5.92 Å². The molecule has 2 aliphatic carbocycles. The lowest BCUT2D eigenvalue weighted by Gasteiger charge is -2.41. The van der Waals surface area contributed by atoms with E-state index in [-0.39, 0.29) is 18.3 Å². The van der Waals surface area contributed by atoms with Gasteiger partial charge in [0.05, 0.1) is 25.4 Å². The molecule has 2 rings (SSSR count). The highest BCUT2D eigenvalue weighted by Crippen LogP contribution is 2.31. The van der Waals surface area contributed by atoms with Crippen molar-refractivity contribution in [1.82, 2.24) is 0 Å². The van der Waals surface area contributed by atoms with Gasteiger partial charge in [-0.2, -0.15) is 0 Å². The quantitative estimate of drug-likeness (QED) is 0.655. The first-order valence-electron chi connectivity index (χ1n) is 6.71.